The molecule has 8 heteroatoms. The smallest absolute Gasteiger partial charge is 0.271 e. The van der Waals surface area contributed by atoms with Crippen LogP contribution >= 0.6 is 11.3 Å². The van der Waals surface area contributed by atoms with Gasteiger partial charge in [0.15, 0.2) is 5.13 Å². The first kappa shape index (κ1) is 27.4. The van der Waals surface area contributed by atoms with E-state index in [9.17, 15) is 4.79 Å². The van der Waals surface area contributed by atoms with E-state index in [1.54, 1.807) is 29.7 Å². The van der Waals surface area contributed by atoms with E-state index in [0.717, 1.165) is 56.8 Å². The summed E-state index contributed by atoms with van der Waals surface area (Å²) in [7, 11) is 0. The summed E-state index contributed by atoms with van der Waals surface area (Å²) >= 11 is 1.56. The van der Waals surface area contributed by atoms with Crippen molar-refractivity contribution in [1.82, 2.24) is 10.4 Å². The van der Waals surface area contributed by atoms with Gasteiger partial charge in [0, 0.05) is 29.8 Å². The predicted octanol–water partition coefficient (Wildman–Crippen LogP) is 6.66. The molecule has 2 heterocycles. The fourth-order valence-electron chi connectivity index (χ4n) is 4.68. The first-order chi connectivity index (χ1) is 20.7. The molecule has 1 amide bonds. The number of amides is 1. The molecule has 4 aromatic carbocycles. The van der Waals surface area contributed by atoms with Crippen molar-refractivity contribution in [3.8, 4) is 28.1 Å². The van der Waals surface area contributed by atoms with Crippen molar-refractivity contribution >= 4 is 28.6 Å². The number of carbonyl (C=O) groups excluding carboxylic acids is 1. The first-order valence-corrected chi connectivity index (χ1v) is 14.6. The van der Waals surface area contributed by atoms with Crippen molar-refractivity contribution < 1.29 is 14.3 Å². The molecule has 1 aromatic heterocycles. The van der Waals surface area contributed by atoms with Gasteiger partial charge in [-0.15, -0.1) is 0 Å². The van der Waals surface area contributed by atoms with Crippen molar-refractivity contribution in [1.29, 1.82) is 0 Å². The van der Waals surface area contributed by atoms with E-state index in [-0.39, 0.29) is 5.91 Å². The summed E-state index contributed by atoms with van der Waals surface area (Å²) in [6.45, 7) is 3.37. The van der Waals surface area contributed by atoms with E-state index < -0.39 is 0 Å². The van der Waals surface area contributed by atoms with Crippen LogP contribution in [0, 0.1) is 0 Å². The number of para-hydroxylation sites is 1. The summed E-state index contributed by atoms with van der Waals surface area (Å²) in [5.74, 6) is 0.530. The van der Waals surface area contributed by atoms with Crippen LogP contribution in [0.1, 0.15) is 20.8 Å². The van der Waals surface area contributed by atoms with Crippen LogP contribution in [0.2, 0.25) is 0 Å². The van der Waals surface area contributed by atoms with Crippen LogP contribution in [0.3, 0.4) is 0 Å². The number of hydrogen-bond acceptors (Lipinski definition) is 7. The van der Waals surface area contributed by atoms with Gasteiger partial charge >= 0.3 is 0 Å². The van der Waals surface area contributed by atoms with E-state index in [1.807, 2.05) is 78.9 Å². The van der Waals surface area contributed by atoms with Crippen LogP contribution < -0.4 is 15.1 Å². The standard InChI is InChI=1S/C34H30N4O3S/c39-33(28-17-15-25(16-18-28)24-41-30-14-8-7-13-29(30)26-9-3-1-4-10-26)37-35-23-31-32(27-11-5-2-6-12-27)36-34(42-31)38-19-21-40-22-20-38/h1-18,23H,19-22,24H2,(H,37,39)/b35-23-. The highest BCUT2D eigenvalue weighted by molar-refractivity contribution is 7.17. The molecule has 1 saturated heterocycles. The largest absolute Gasteiger partial charge is 0.488 e. The maximum Gasteiger partial charge on any atom is 0.271 e. The summed E-state index contributed by atoms with van der Waals surface area (Å²) in [6.07, 6.45) is 1.67. The number of thiazole rings is 1. The summed E-state index contributed by atoms with van der Waals surface area (Å²) in [4.78, 5) is 20.9. The van der Waals surface area contributed by atoms with Crippen molar-refractivity contribution in [2.75, 3.05) is 31.2 Å². The van der Waals surface area contributed by atoms with E-state index in [1.165, 1.54) is 0 Å². The van der Waals surface area contributed by atoms with Gasteiger partial charge in [0.05, 0.1) is 30.0 Å². The minimum Gasteiger partial charge on any atom is -0.488 e. The lowest BCUT2D eigenvalue weighted by atomic mass is 10.0. The number of anilines is 1. The van der Waals surface area contributed by atoms with Gasteiger partial charge in [-0.2, -0.15) is 5.10 Å². The molecule has 1 aliphatic rings. The Hall–Kier alpha value is -4.79. The molecule has 1 N–H and O–H groups in total. The number of hydrazone groups is 1. The maximum absolute atomic E-state index is 12.8. The van der Waals surface area contributed by atoms with Crippen molar-refractivity contribution in [2.45, 2.75) is 6.61 Å². The second-order valence-corrected chi connectivity index (χ2v) is 10.7. The summed E-state index contributed by atoms with van der Waals surface area (Å²) in [6, 6.07) is 35.5. The summed E-state index contributed by atoms with van der Waals surface area (Å²) < 4.78 is 11.6. The highest BCUT2D eigenvalue weighted by Crippen LogP contribution is 2.33. The predicted molar refractivity (Wildman–Crippen MR) is 168 cm³/mol. The average molecular weight is 575 g/mol. The van der Waals surface area contributed by atoms with Gasteiger partial charge in [-0.3, -0.25) is 4.79 Å². The lowest BCUT2D eigenvalue weighted by molar-refractivity contribution is 0.0955. The number of hydrogen-bond donors (Lipinski definition) is 1. The molecule has 0 aliphatic carbocycles. The molecule has 5 aromatic rings. The second-order valence-electron chi connectivity index (χ2n) is 9.72. The van der Waals surface area contributed by atoms with Crippen LogP contribution in [0.5, 0.6) is 5.75 Å². The van der Waals surface area contributed by atoms with Crippen LogP contribution in [-0.4, -0.2) is 43.4 Å². The molecule has 7 nitrogen and oxygen atoms in total. The van der Waals surface area contributed by atoms with E-state index >= 15 is 0 Å². The minimum atomic E-state index is -0.285. The third-order valence-corrected chi connectivity index (χ3v) is 7.95. The zero-order valence-electron chi connectivity index (χ0n) is 23.0. The summed E-state index contributed by atoms with van der Waals surface area (Å²) in [5, 5.41) is 5.20. The number of rotatable bonds is 9. The van der Waals surface area contributed by atoms with Crippen LogP contribution in [0.25, 0.3) is 22.4 Å². The van der Waals surface area contributed by atoms with Gasteiger partial charge in [-0.1, -0.05) is 102 Å². The normalized spacial score (nSPS) is 13.3. The molecular weight excluding hydrogens is 544 g/mol. The van der Waals surface area contributed by atoms with Crippen LogP contribution in [0.4, 0.5) is 5.13 Å². The molecule has 42 heavy (non-hydrogen) atoms. The Morgan fingerprint density at radius 1 is 0.881 bits per heavy atom. The van der Waals surface area contributed by atoms with Crippen LogP contribution in [-0.2, 0) is 11.3 Å². The Morgan fingerprint density at radius 2 is 1.55 bits per heavy atom. The molecule has 0 radical (unpaired) electrons. The Bertz CT molecular complexity index is 1650. The van der Waals surface area contributed by atoms with Crippen LogP contribution in [0.15, 0.2) is 114 Å². The van der Waals surface area contributed by atoms with Gasteiger partial charge in [-0.25, -0.2) is 10.4 Å². The first-order valence-electron chi connectivity index (χ1n) is 13.8. The fourth-order valence-corrected chi connectivity index (χ4v) is 5.69. The zero-order chi connectivity index (χ0) is 28.6. The molecule has 0 unspecified atom stereocenters. The van der Waals surface area contributed by atoms with Gasteiger partial charge in [-0.05, 0) is 29.3 Å². The van der Waals surface area contributed by atoms with Gasteiger partial charge < -0.3 is 14.4 Å². The quantitative estimate of drug-likeness (QED) is 0.157. The number of benzene rings is 4. The number of nitrogens with zero attached hydrogens (tertiary/aromatic N) is 3. The molecule has 0 saturated carbocycles. The Kier molecular flexibility index (Phi) is 8.64. The third kappa shape index (κ3) is 6.57. The van der Waals surface area contributed by atoms with Crippen molar-refractivity contribution in [3.63, 3.8) is 0 Å². The second kappa shape index (κ2) is 13.2. The molecule has 6 rings (SSSR count). The monoisotopic (exact) mass is 574 g/mol. The van der Waals surface area contributed by atoms with Gasteiger partial charge in [0.1, 0.15) is 12.4 Å². The number of nitrogens with one attached hydrogen (secondary N) is 1. The lowest BCUT2D eigenvalue weighted by Crippen LogP contribution is -2.36. The van der Waals surface area contributed by atoms with E-state index in [2.05, 4.69) is 33.6 Å². The highest BCUT2D eigenvalue weighted by Gasteiger charge is 2.19. The lowest BCUT2D eigenvalue weighted by Gasteiger charge is -2.26. The highest BCUT2D eigenvalue weighted by atomic mass is 32.1. The number of carbonyl (C=O) groups is 1. The molecule has 0 atom stereocenters. The zero-order valence-corrected chi connectivity index (χ0v) is 23.8. The number of aromatic nitrogens is 1. The molecule has 1 fully saturated rings. The molecule has 0 spiro atoms. The minimum absolute atomic E-state index is 0.285. The Labute approximate surface area is 249 Å². The van der Waals surface area contributed by atoms with E-state index in [4.69, 9.17) is 14.5 Å². The van der Waals surface area contributed by atoms with E-state index in [0.29, 0.717) is 25.4 Å². The van der Waals surface area contributed by atoms with Crippen molar-refractivity contribution in [3.05, 3.63) is 125 Å². The van der Waals surface area contributed by atoms with Gasteiger partial charge in [0.2, 0.25) is 0 Å². The molecule has 0 bridgehead atoms. The van der Waals surface area contributed by atoms with Crippen molar-refractivity contribution in [2.24, 2.45) is 5.10 Å². The maximum atomic E-state index is 12.8. The SMILES string of the molecule is O=C(N/N=C\c1sc(N2CCOCC2)nc1-c1ccccc1)c1ccc(COc2ccccc2-c2ccccc2)cc1. The Morgan fingerprint density at radius 3 is 2.29 bits per heavy atom. The van der Waals surface area contributed by atoms with Gasteiger partial charge in [0.25, 0.3) is 5.91 Å². The fraction of sp³-hybridized carbons (Fsp3) is 0.147. The Balaban J connectivity index is 1.10. The number of morpholine rings is 1. The third-order valence-electron chi connectivity index (χ3n) is 6.90. The topological polar surface area (TPSA) is 76.1 Å². The molecule has 1 aliphatic heterocycles. The summed E-state index contributed by atoms with van der Waals surface area (Å²) in [5.41, 5.74) is 8.14. The number of ether oxygens (including phenoxy) is 2. The molecular formula is C34H30N4O3S. The molecule has 210 valence electrons. The average Bonchev–Trinajstić information content (AvgIpc) is 3.49.